The Morgan fingerprint density at radius 2 is 1.69 bits per heavy atom. The summed E-state index contributed by atoms with van der Waals surface area (Å²) in [7, 11) is 1.68. The summed E-state index contributed by atoms with van der Waals surface area (Å²) in [6, 6.07) is 13.8. The van der Waals surface area contributed by atoms with Crippen LogP contribution in [0.5, 0.6) is 0 Å². The Labute approximate surface area is 203 Å². The predicted octanol–water partition coefficient (Wildman–Crippen LogP) is 3.37. The van der Waals surface area contributed by atoms with Crippen molar-refractivity contribution in [3.8, 4) is 11.1 Å². The van der Waals surface area contributed by atoms with E-state index in [2.05, 4.69) is 15.7 Å². The van der Waals surface area contributed by atoms with Crippen molar-refractivity contribution < 1.29 is 24.2 Å². The van der Waals surface area contributed by atoms with Crippen LogP contribution in [0.4, 0.5) is 4.79 Å². The largest absolute Gasteiger partial charge is 0.480 e. The molecule has 0 saturated carbocycles. The first kappa shape index (κ1) is 24.0. The van der Waals surface area contributed by atoms with Gasteiger partial charge in [0.05, 0.1) is 6.20 Å². The molecule has 0 aliphatic heterocycles. The zero-order chi connectivity index (χ0) is 24.9. The van der Waals surface area contributed by atoms with Crippen molar-refractivity contribution >= 4 is 18.0 Å². The second kappa shape index (κ2) is 10.4. The topological polar surface area (TPSA) is 123 Å². The molecule has 0 saturated heterocycles. The van der Waals surface area contributed by atoms with Crippen molar-refractivity contribution in [2.75, 3.05) is 6.61 Å². The highest BCUT2D eigenvalue weighted by Gasteiger charge is 2.31. The smallest absolute Gasteiger partial charge is 0.408 e. The molecule has 2 atom stereocenters. The molecule has 0 spiro atoms. The number of carbonyl (C=O) groups excluding carboxylic acids is 2. The van der Waals surface area contributed by atoms with Crippen LogP contribution < -0.4 is 10.6 Å². The molecule has 0 radical (unpaired) electrons. The van der Waals surface area contributed by atoms with Crippen LogP contribution in [0.2, 0.25) is 0 Å². The van der Waals surface area contributed by atoms with Gasteiger partial charge < -0.3 is 20.5 Å². The Morgan fingerprint density at radius 1 is 1.06 bits per heavy atom. The first-order valence-electron chi connectivity index (χ1n) is 11.5. The summed E-state index contributed by atoms with van der Waals surface area (Å²) in [5, 5.41) is 18.6. The van der Waals surface area contributed by atoms with Crippen molar-refractivity contribution in [1.29, 1.82) is 0 Å². The third-order valence-corrected chi connectivity index (χ3v) is 6.12. The Bertz CT molecular complexity index is 1190. The molecule has 2 aromatic carbocycles. The number of nitrogens with one attached hydrogen (secondary N) is 2. The lowest BCUT2D eigenvalue weighted by Gasteiger charge is -2.21. The first-order chi connectivity index (χ1) is 16.9. The first-order valence-corrected chi connectivity index (χ1v) is 11.5. The molecule has 182 valence electrons. The quantitative estimate of drug-likeness (QED) is 0.435. The van der Waals surface area contributed by atoms with Gasteiger partial charge in [0.1, 0.15) is 18.7 Å². The Kier molecular flexibility index (Phi) is 7.14. The van der Waals surface area contributed by atoms with Crippen molar-refractivity contribution in [2.24, 2.45) is 7.05 Å². The number of amides is 2. The Balaban J connectivity index is 1.48. The lowest BCUT2D eigenvalue weighted by molar-refractivity contribution is -0.142. The number of hydrogen-bond acceptors (Lipinski definition) is 5. The molecule has 35 heavy (non-hydrogen) atoms. The van der Waals surface area contributed by atoms with Gasteiger partial charge >= 0.3 is 12.1 Å². The second-order valence-corrected chi connectivity index (χ2v) is 8.54. The number of carbonyl (C=O) groups is 3. The fraction of sp³-hybridized carbons (Fsp3) is 0.308. The van der Waals surface area contributed by atoms with E-state index in [1.54, 1.807) is 13.2 Å². The van der Waals surface area contributed by atoms with Crippen LogP contribution in [-0.4, -0.2) is 45.5 Å². The van der Waals surface area contributed by atoms with E-state index in [-0.39, 0.29) is 18.9 Å². The number of fused-ring (bicyclic) bond motifs is 3. The van der Waals surface area contributed by atoms with Gasteiger partial charge in [-0.15, -0.1) is 0 Å². The van der Waals surface area contributed by atoms with E-state index in [9.17, 15) is 19.5 Å². The molecule has 1 unspecified atom stereocenters. The van der Waals surface area contributed by atoms with Crippen LogP contribution in [0.1, 0.15) is 48.4 Å². The second-order valence-electron chi connectivity index (χ2n) is 8.54. The van der Waals surface area contributed by atoms with E-state index in [0.29, 0.717) is 12.0 Å². The summed E-state index contributed by atoms with van der Waals surface area (Å²) >= 11 is 0. The number of hydrogen-bond donors (Lipinski definition) is 3. The van der Waals surface area contributed by atoms with E-state index in [1.165, 1.54) is 10.9 Å². The molecule has 3 aromatic rings. The molecule has 1 aliphatic rings. The van der Waals surface area contributed by atoms with Crippen molar-refractivity contribution in [3.05, 3.63) is 77.6 Å². The van der Waals surface area contributed by atoms with Crippen molar-refractivity contribution in [2.45, 2.75) is 37.8 Å². The van der Waals surface area contributed by atoms with Crippen LogP contribution in [0.3, 0.4) is 0 Å². The number of benzene rings is 2. The molecular formula is C26H28N4O5. The number of alkyl carbamates (subject to hydrolysis) is 1. The van der Waals surface area contributed by atoms with Gasteiger partial charge in [0.15, 0.2) is 0 Å². The van der Waals surface area contributed by atoms with Crippen LogP contribution in [-0.2, 0) is 21.4 Å². The van der Waals surface area contributed by atoms with Gasteiger partial charge in [0.25, 0.3) is 0 Å². The molecule has 3 N–H and O–H groups in total. The van der Waals surface area contributed by atoms with Gasteiger partial charge in [0.2, 0.25) is 5.91 Å². The Morgan fingerprint density at radius 3 is 2.23 bits per heavy atom. The normalized spacial score (nSPS) is 13.9. The number of rotatable bonds is 9. The monoisotopic (exact) mass is 476 g/mol. The number of nitrogens with zero attached hydrogens (tertiary/aromatic N) is 2. The summed E-state index contributed by atoms with van der Waals surface area (Å²) in [5.74, 6) is -1.90. The third kappa shape index (κ3) is 5.18. The molecule has 1 heterocycles. The fourth-order valence-corrected chi connectivity index (χ4v) is 4.45. The maximum absolute atomic E-state index is 13.0. The number of ether oxygens (including phenoxy) is 1. The number of aryl methyl sites for hydroxylation is 1. The average Bonchev–Trinajstić information content (AvgIpc) is 3.42. The summed E-state index contributed by atoms with van der Waals surface area (Å²) < 4.78 is 7.07. The molecular weight excluding hydrogens is 448 g/mol. The van der Waals surface area contributed by atoms with E-state index < -0.39 is 30.1 Å². The molecule has 9 nitrogen and oxygen atoms in total. The van der Waals surface area contributed by atoms with Gasteiger partial charge in [-0.1, -0.05) is 61.9 Å². The highest BCUT2D eigenvalue weighted by molar-refractivity contribution is 5.90. The molecule has 0 bridgehead atoms. The van der Waals surface area contributed by atoms with E-state index >= 15 is 0 Å². The molecule has 2 amide bonds. The van der Waals surface area contributed by atoms with E-state index in [4.69, 9.17) is 4.74 Å². The minimum atomic E-state index is -1.15. The van der Waals surface area contributed by atoms with Crippen molar-refractivity contribution in [3.63, 3.8) is 0 Å². The van der Waals surface area contributed by atoms with E-state index in [0.717, 1.165) is 22.3 Å². The summed E-state index contributed by atoms with van der Waals surface area (Å²) in [5.41, 5.74) is 4.79. The van der Waals surface area contributed by atoms with Gasteiger partial charge in [-0.25, -0.2) is 9.59 Å². The standard InChI is InChI=1S/C26H28N4O5/c1-3-8-22(25(32)33)28-24(31)23(16-13-27-30(2)14-16)29-26(34)35-15-21-19-11-6-4-9-17(19)18-10-5-7-12-20(18)21/h4-7,9-14,21-23H,3,8,15H2,1-2H3,(H,28,31)(H,29,34)(H,32,33)/t22-,23?/m1/s1. The van der Waals surface area contributed by atoms with Crippen LogP contribution >= 0.6 is 0 Å². The maximum atomic E-state index is 13.0. The van der Waals surface area contributed by atoms with Crippen LogP contribution in [0.15, 0.2) is 60.9 Å². The lowest BCUT2D eigenvalue weighted by Crippen LogP contribution is -2.47. The fourth-order valence-electron chi connectivity index (χ4n) is 4.45. The number of aliphatic carboxylic acids is 1. The maximum Gasteiger partial charge on any atom is 0.408 e. The number of carboxylic acids is 1. The summed E-state index contributed by atoms with van der Waals surface area (Å²) in [4.78, 5) is 37.3. The van der Waals surface area contributed by atoms with Gasteiger partial charge in [-0.3, -0.25) is 9.48 Å². The lowest BCUT2D eigenvalue weighted by atomic mass is 9.98. The Hall–Kier alpha value is -4.14. The van der Waals surface area contributed by atoms with E-state index in [1.807, 2.05) is 55.5 Å². The molecule has 9 heteroatoms. The molecule has 1 aliphatic carbocycles. The minimum Gasteiger partial charge on any atom is -0.480 e. The zero-order valence-electron chi connectivity index (χ0n) is 19.6. The minimum absolute atomic E-state index is 0.0921. The number of carboxylic acid groups (broad SMARTS) is 1. The highest BCUT2D eigenvalue weighted by Crippen LogP contribution is 2.44. The zero-order valence-corrected chi connectivity index (χ0v) is 19.6. The average molecular weight is 477 g/mol. The van der Waals surface area contributed by atoms with Gasteiger partial charge in [0, 0.05) is 24.7 Å². The molecule has 4 rings (SSSR count). The third-order valence-electron chi connectivity index (χ3n) is 6.12. The van der Waals surface area contributed by atoms with Crippen molar-refractivity contribution in [1.82, 2.24) is 20.4 Å². The summed E-state index contributed by atoms with van der Waals surface area (Å²) in [6.45, 7) is 1.92. The number of aromatic nitrogens is 2. The summed E-state index contributed by atoms with van der Waals surface area (Å²) in [6.07, 6.45) is 3.10. The molecule has 0 fully saturated rings. The van der Waals surface area contributed by atoms with Crippen LogP contribution in [0, 0.1) is 0 Å². The predicted molar refractivity (Wildman–Crippen MR) is 129 cm³/mol. The highest BCUT2D eigenvalue weighted by atomic mass is 16.5. The SMILES string of the molecule is CCC[C@@H](NC(=O)C(NC(=O)OCC1c2ccccc2-c2ccccc21)c1cnn(C)c1)C(=O)O. The van der Waals surface area contributed by atoms with Crippen LogP contribution in [0.25, 0.3) is 11.1 Å². The van der Waals surface area contributed by atoms with Gasteiger partial charge in [-0.2, -0.15) is 5.10 Å². The molecule has 1 aromatic heterocycles. The van der Waals surface area contributed by atoms with Gasteiger partial charge in [-0.05, 0) is 28.7 Å².